The molecule has 0 spiro atoms. The van der Waals surface area contributed by atoms with Gasteiger partial charge in [0.05, 0.1) is 12.9 Å². The fourth-order valence-electron chi connectivity index (χ4n) is 3.84. The van der Waals surface area contributed by atoms with E-state index in [0.29, 0.717) is 28.8 Å². The van der Waals surface area contributed by atoms with Crippen molar-refractivity contribution in [3.05, 3.63) is 12.2 Å². The molecular formula is C17H25N5O4. The van der Waals surface area contributed by atoms with Crippen molar-refractivity contribution in [1.29, 1.82) is 0 Å². The normalized spacial score (nSPS) is 29.7. The highest BCUT2D eigenvalue weighted by Gasteiger charge is 2.44. The van der Waals surface area contributed by atoms with Crippen LogP contribution >= 0.6 is 0 Å². The second-order valence-electron chi connectivity index (χ2n) is 7.07. The quantitative estimate of drug-likeness (QED) is 0.713. The van der Waals surface area contributed by atoms with Crippen LogP contribution in [-0.2, 0) is 9.47 Å². The Bertz CT molecular complexity index is 776. The highest BCUT2D eigenvalue weighted by molar-refractivity contribution is 5.83. The molecule has 4 atom stereocenters. The fourth-order valence-corrected chi connectivity index (χ4v) is 3.84. The average Bonchev–Trinajstić information content (AvgIpc) is 3.32. The summed E-state index contributed by atoms with van der Waals surface area (Å²) in [5.74, 6) is 1.32. The minimum atomic E-state index is -1.09. The number of aliphatic hydroxyl groups is 2. The molecule has 142 valence electrons. The van der Waals surface area contributed by atoms with E-state index < -0.39 is 24.5 Å². The Labute approximate surface area is 151 Å². The van der Waals surface area contributed by atoms with E-state index in [0.717, 1.165) is 12.8 Å². The van der Waals surface area contributed by atoms with Gasteiger partial charge in [-0.15, -0.1) is 0 Å². The van der Waals surface area contributed by atoms with E-state index in [2.05, 4.69) is 20.3 Å². The molecule has 2 aromatic heterocycles. The maximum Gasteiger partial charge on any atom is 0.167 e. The van der Waals surface area contributed by atoms with Crippen molar-refractivity contribution in [2.24, 2.45) is 0 Å². The van der Waals surface area contributed by atoms with Crippen LogP contribution in [0.5, 0.6) is 0 Å². The molecule has 1 saturated carbocycles. The number of methoxy groups -OCH3 is 1. The van der Waals surface area contributed by atoms with Crippen LogP contribution < -0.4 is 5.32 Å². The van der Waals surface area contributed by atoms with Gasteiger partial charge >= 0.3 is 0 Å². The number of aromatic nitrogens is 4. The zero-order valence-corrected chi connectivity index (χ0v) is 15.0. The van der Waals surface area contributed by atoms with Crippen LogP contribution in [0, 0.1) is 6.92 Å². The average molecular weight is 363 g/mol. The number of nitrogens with one attached hydrogen (secondary N) is 1. The maximum absolute atomic E-state index is 10.4. The number of ether oxygens (including phenoxy) is 2. The number of fused-ring (bicyclic) bond motifs is 1. The molecule has 1 aliphatic heterocycles. The molecule has 4 rings (SSSR count). The number of nitrogens with zero attached hydrogens (tertiary/aromatic N) is 4. The van der Waals surface area contributed by atoms with E-state index in [4.69, 9.17) is 9.47 Å². The summed E-state index contributed by atoms with van der Waals surface area (Å²) >= 11 is 0. The molecule has 2 aliphatic rings. The van der Waals surface area contributed by atoms with Crippen molar-refractivity contribution in [1.82, 2.24) is 19.5 Å². The number of aliphatic hydroxyl groups excluding tert-OH is 2. The van der Waals surface area contributed by atoms with E-state index in [-0.39, 0.29) is 6.61 Å². The summed E-state index contributed by atoms with van der Waals surface area (Å²) in [6.45, 7) is 2.02. The molecule has 3 N–H and O–H groups in total. The molecule has 9 nitrogen and oxygen atoms in total. The lowest BCUT2D eigenvalue weighted by molar-refractivity contribution is -0.0580. The van der Waals surface area contributed by atoms with Crippen LogP contribution in [0.15, 0.2) is 6.33 Å². The molecule has 1 aliphatic carbocycles. The van der Waals surface area contributed by atoms with Gasteiger partial charge in [0, 0.05) is 13.2 Å². The molecule has 3 heterocycles. The zero-order valence-electron chi connectivity index (χ0n) is 15.0. The predicted octanol–water partition coefficient (Wildman–Crippen LogP) is 0.755. The van der Waals surface area contributed by atoms with Crippen LogP contribution in [-0.4, -0.2) is 67.8 Å². The molecule has 2 fully saturated rings. The summed E-state index contributed by atoms with van der Waals surface area (Å²) in [6, 6.07) is 0.402. The van der Waals surface area contributed by atoms with Crippen molar-refractivity contribution in [2.75, 3.05) is 19.0 Å². The van der Waals surface area contributed by atoms with Gasteiger partial charge in [-0.05, 0) is 19.8 Å². The van der Waals surface area contributed by atoms with E-state index >= 15 is 0 Å². The zero-order chi connectivity index (χ0) is 18.3. The lowest BCUT2D eigenvalue weighted by atomic mass is 10.1. The minimum absolute atomic E-state index is 0.198. The van der Waals surface area contributed by atoms with Crippen LogP contribution in [0.25, 0.3) is 11.2 Å². The minimum Gasteiger partial charge on any atom is -0.387 e. The van der Waals surface area contributed by atoms with Crippen LogP contribution in [0.2, 0.25) is 0 Å². The van der Waals surface area contributed by atoms with Crippen molar-refractivity contribution in [3.63, 3.8) is 0 Å². The molecule has 0 aromatic carbocycles. The van der Waals surface area contributed by atoms with Gasteiger partial charge in [0.15, 0.2) is 23.2 Å². The topological polar surface area (TPSA) is 115 Å². The second-order valence-corrected chi connectivity index (χ2v) is 7.07. The number of rotatable bonds is 5. The highest BCUT2D eigenvalue weighted by atomic mass is 16.6. The summed E-state index contributed by atoms with van der Waals surface area (Å²) in [5, 5.41) is 24.1. The lowest BCUT2D eigenvalue weighted by Gasteiger charge is -2.17. The number of imidazole rings is 1. The summed E-state index contributed by atoms with van der Waals surface area (Å²) < 4.78 is 12.5. The third-order valence-electron chi connectivity index (χ3n) is 5.17. The SMILES string of the molecule is COC[C@H]1O[C@@H](n2cnc3c(NC4CCCC4)nc(C)nc32)[C@H](O)[C@@H]1O. The predicted molar refractivity (Wildman–Crippen MR) is 93.7 cm³/mol. The van der Waals surface area contributed by atoms with Gasteiger partial charge in [0.1, 0.15) is 24.1 Å². The Hall–Kier alpha value is -1.81. The maximum atomic E-state index is 10.4. The first kappa shape index (κ1) is 17.6. The smallest absolute Gasteiger partial charge is 0.167 e. The standard InChI is InChI=1S/C17H25N5O4/c1-9-19-15(21-10-5-3-4-6-10)12-16(20-9)22(8-18-12)17-14(24)13(23)11(26-17)7-25-2/h8,10-11,13-14,17,23-24H,3-7H2,1-2H3,(H,19,20,21)/t11-,13-,14-,17-/m1/s1. The van der Waals surface area contributed by atoms with Gasteiger partial charge in [-0.3, -0.25) is 4.57 Å². The van der Waals surface area contributed by atoms with Gasteiger partial charge in [-0.2, -0.15) is 0 Å². The Morgan fingerprint density at radius 2 is 2.04 bits per heavy atom. The first-order chi connectivity index (χ1) is 12.6. The van der Waals surface area contributed by atoms with Gasteiger partial charge in [-0.25, -0.2) is 15.0 Å². The molecule has 0 unspecified atom stereocenters. The van der Waals surface area contributed by atoms with E-state index in [1.54, 1.807) is 10.9 Å². The number of anilines is 1. The van der Waals surface area contributed by atoms with E-state index in [1.807, 2.05) is 6.92 Å². The molecule has 26 heavy (non-hydrogen) atoms. The second kappa shape index (κ2) is 7.07. The Morgan fingerprint density at radius 3 is 2.77 bits per heavy atom. The first-order valence-electron chi connectivity index (χ1n) is 9.06. The number of hydrogen-bond acceptors (Lipinski definition) is 8. The fraction of sp³-hybridized carbons (Fsp3) is 0.706. The number of aryl methyl sites for hydroxylation is 1. The molecule has 0 bridgehead atoms. The highest BCUT2D eigenvalue weighted by Crippen LogP contribution is 2.33. The first-order valence-corrected chi connectivity index (χ1v) is 9.06. The molecule has 0 amide bonds. The summed E-state index contributed by atoms with van der Waals surface area (Å²) in [5.41, 5.74) is 1.22. The Kier molecular flexibility index (Phi) is 4.78. The molecule has 2 aromatic rings. The largest absolute Gasteiger partial charge is 0.387 e. The summed E-state index contributed by atoms with van der Waals surface area (Å²) in [4.78, 5) is 13.5. The summed E-state index contributed by atoms with van der Waals surface area (Å²) in [7, 11) is 1.53. The van der Waals surface area contributed by atoms with Crippen LogP contribution in [0.4, 0.5) is 5.82 Å². The van der Waals surface area contributed by atoms with Crippen LogP contribution in [0.3, 0.4) is 0 Å². The third kappa shape index (κ3) is 3.05. The Morgan fingerprint density at radius 1 is 1.27 bits per heavy atom. The van der Waals surface area contributed by atoms with Crippen molar-refractivity contribution < 1.29 is 19.7 Å². The molecule has 0 radical (unpaired) electrons. The molecule has 1 saturated heterocycles. The van der Waals surface area contributed by atoms with Gasteiger partial charge < -0.3 is 25.0 Å². The monoisotopic (exact) mass is 363 g/mol. The lowest BCUT2D eigenvalue weighted by Crippen LogP contribution is -2.33. The van der Waals surface area contributed by atoms with Crippen molar-refractivity contribution >= 4 is 17.0 Å². The third-order valence-corrected chi connectivity index (χ3v) is 5.17. The Balaban J connectivity index is 1.67. The van der Waals surface area contributed by atoms with Crippen LogP contribution in [0.1, 0.15) is 37.7 Å². The van der Waals surface area contributed by atoms with Gasteiger partial charge in [0.2, 0.25) is 0 Å². The number of hydrogen-bond donors (Lipinski definition) is 3. The van der Waals surface area contributed by atoms with Crippen molar-refractivity contribution in [2.45, 2.75) is 63.2 Å². The van der Waals surface area contributed by atoms with E-state index in [1.165, 1.54) is 20.0 Å². The van der Waals surface area contributed by atoms with Gasteiger partial charge in [-0.1, -0.05) is 12.8 Å². The molecule has 9 heteroatoms. The van der Waals surface area contributed by atoms with Crippen molar-refractivity contribution in [3.8, 4) is 0 Å². The summed E-state index contributed by atoms with van der Waals surface area (Å²) in [6.07, 6.45) is 2.78. The van der Waals surface area contributed by atoms with Gasteiger partial charge in [0.25, 0.3) is 0 Å². The molecular weight excluding hydrogens is 338 g/mol. The van der Waals surface area contributed by atoms with E-state index in [9.17, 15) is 10.2 Å².